The molecule has 8 heteroatoms. The van der Waals surface area contributed by atoms with Crippen molar-refractivity contribution in [3.05, 3.63) is 52.9 Å². The van der Waals surface area contributed by atoms with E-state index in [1.807, 2.05) is 30.3 Å². The second-order valence-electron chi connectivity index (χ2n) is 5.31. The van der Waals surface area contributed by atoms with Gasteiger partial charge in [0.25, 0.3) is 0 Å². The van der Waals surface area contributed by atoms with Crippen molar-refractivity contribution < 1.29 is 13.9 Å². The van der Waals surface area contributed by atoms with Gasteiger partial charge in [-0.25, -0.2) is 4.99 Å². The zero-order valence-electron chi connectivity index (χ0n) is 15.0. The van der Waals surface area contributed by atoms with Crippen LogP contribution in [0.5, 0.6) is 5.75 Å². The first-order chi connectivity index (χ1) is 12.2. The molecule has 0 saturated heterocycles. The van der Waals surface area contributed by atoms with Gasteiger partial charge in [0, 0.05) is 26.6 Å². The van der Waals surface area contributed by atoms with Crippen LogP contribution in [0.3, 0.4) is 0 Å². The number of halogens is 2. The van der Waals surface area contributed by atoms with Crippen LogP contribution in [-0.4, -0.2) is 39.9 Å². The van der Waals surface area contributed by atoms with E-state index in [4.69, 9.17) is 25.5 Å². The van der Waals surface area contributed by atoms with Gasteiger partial charge in [0.1, 0.15) is 11.5 Å². The van der Waals surface area contributed by atoms with E-state index in [9.17, 15) is 0 Å². The van der Waals surface area contributed by atoms with Gasteiger partial charge in [0.2, 0.25) is 0 Å². The van der Waals surface area contributed by atoms with Gasteiger partial charge in [-0.3, -0.25) is 0 Å². The average molecular weight is 494 g/mol. The molecule has 26 heavy (non-hydrogen) atoms. The minimum absolute atomic E-state index is 0. The van der Waals surface area contributed by atoms with Crippen molar-refractivity contribution in [2.75, 3.05) is 33.9 Å². The van der Waals surface area contributed by atoms with E-state index in [0.29, 0.717) is 30.5 Å². The molecule has 2 N–H and O–H groups in total. The molecule has 1 aromatic heterocycles. The van der Waals surface area contributed by atoms with Crippen LogP contribution >= 0.6 is 35.6 Å². The van der Waals surface area contributed by atoms with Crippen molar-refractivity contribution >= 4 is 41.5 Å². The first-order valence-corrected chi connectivity index (χ1v) is 8.46. The van der Waals surface area contributed by atoms with E-state index in [1.165, 1.54) is 0 Å². The average Bonchev–Trinajstić information content (AvgIpc) is 3.13. The van der Waals surface area contributed by atoms with Gasteiger partial charge in [0.05, 0.1) is 31.5 Å². The minimum Gasteiger partial charge on any atom is -0.495 e. The highest BCUT2D eigenvalue weighted by Gasteiger charge is 2.03. The predicted octanol–water partition coefficient (Wildman–Crippen LogP) is 3.48. The molecule has 1 aromatic carbocycles. The van der Waals surface area contributed by atoms with Gasteiger partial charge in [-0.2, -0.15) is 0 Å². The maximum atomic E-state index is 6.16. The Morgan fingerprint density at radius 2 is 2.00 bits per heavy atom. The molecule has 2 aromatic rings. The van der Waals surface area contributed by atoms with E-state index in [0.717, 1.165) is 30.2 Å². The molecule has 6 nitrogen and oxygen atoms in total. The summed E-state index contributed by atoms with van der Waals surface area (Å²) in [5.41, 5.74) is 1.00. The molecule has 144 valence electrons. The SMILES string of the molecule is COCCNC(=NCc1ccc(OC)c(Cl)c1)NCCc1ccco1.I. The molecule has 0 bridgehead atoms. The Balaban J connectivity index is 0.00000338. The van der Waals surface area contributed by atoms with Crippen LogP contribution < -0.4 is 15.4 Å². The summed E-state index contributed by atoms with van der Waals surface area (Å²) in [6.07, 6.45) is 2.46. The summed E-state index contributed by atoms with van der Waals surface area (Å²) in [5, 5.41) is 7.10. The second-order valence-corrected chi connectivity index (χ2v) is 5.72. The number of ether oxygens (including phenoxy) is 2. The number of nitrogens with one attached hydrogen (secondary N) is 2. The van der Waals surface area contributed by atoms with Gasteiger partial charge in [-0.1, -0.05) is 17.7 Å². The molecule has 0 atom stereocenters. The zero-order valence-corrected chi connectivity index (χ0v) is 18.0. The summed E-state index contributed by atoms with van der Waals surface area (Å²) in [4.78, 5) is 4.59. The molecule has 1 heterocycles. The Morgan fingerprint density at radius 3 is 2.65 bits per heavy atom. The molecule has 2 rings (SSSR count). The Morgan fingerprint density at radius 1 is 1.19 bits per heavy atom. The zero-order chi connectivity index (χ0) is 17.9. The van der Waals surface area contributed by atoms with E-state index in [-0.39, 0.29) is 24.0 Å². The Labute approximate surface area is 176 Å². The van der Waals surface area contributed by atoms with Gasteiger partial charge in [-0.05, 0) is 29.8 Å². The first kappa shape index (κ1) is 22.6. The van der Waals surface area contributed by atoms with Crippen LogP contribution in [0.4, 0.5) is 0 Å². The van der Waals surface area contributed by atoms with E-state index >= 15 is 0 Å². The molecule has 0 aliphatic carbocycles. The second kappa shape index (κ2) is 12.8. The van der Waals surface area contributed by atoms with E-state index in [2.05, 4.69) is 15.6 Å². The number of rotatable bonds is 9. The smallest absolute Gasteiger partial charge is 0.191 e. The molecule has 0 saturated carbocycles. The van der Waals surface area contributed by atoms with E-state index < -0.39 is 0 Å². The fourth-order valence-corrected chi connectivity index (χ4v) is 2.46. The van der Waals surface area contributed by atoms with Crippen molar-refractivity contribution in [1.82, 2.24) is 10.6 Å². The highest BCUT2D eigenvalue weighted by Crippen LogP contribution is 2.25. The first-order valence-electron chi connectivity index (χ1n) is 8.09. The summed E-state index contributed by atoms with van der Waals surface area (Å²) in [7, 11) is 3.27. The molecule has 0 aliphatic rings. The van der Waals surface area contributed by atoms with Gasteiger partial charge >= 0.3 is 0 Å². The van der Waals surface area contributed by atoms with Crippen molar-refractivity contribution in [1.29, 1.82) is 0 Å². The highest BCUT2D eigenvalue weighted by atomic mass is 127. The van der Waals surface area contributed by atoms with Crippen molar-refractivity contribution in [3.8, 4) is 5.75 Å². The largest absolute Gasteiger partial charge is 0.495 e. The van der Waals surface area contributed by atoms with Crippen LogP contribution in [0.1, 0.15) is 11.3 Å². The monoisotopic (exact) mass is 493 g/mol. The Kier molecular flexibility index (Phi) is 11.1. The van der Waals surface area contributed by atoms with E-state index in [1.54, 1.807) is 20.5 Å². The lowest BCUT2D eigenvalue weighted by Gasteiger charge is -2.12. The van der Waals surface area contributed by atoms with Gasteiger partial charge in [-0.15, -0.1) is 24.0 Å². The quantitative estimate of drug-likeness (QED) is 0.242. The van der Waals surface area contributed by atoms with Crippen molar-refractivity contribution in [3.63, 3.8) is 0 Å². The van der Waals surface area contributed by atoms with Crippen molar-refractivity contribution in [2.24, 2.45) is 4.99 Å². The number of benzene rings is 1. The topological polar surface area (TPSA) is 68.0 Å². The molecule has 0 aliphatic heterocycles. The minimum atomic E-state index is 0. The molecule has 0 amide bonds. The van der Waals surface area contributed by atoms with Crippen LogP contribution in [0.2, 0.25) is 5.02 Å². The number of hydrogen-bond donors (Lipinski definition) is 2. The molecule has 0 fully saturated rings. The number of guanidine groups is 1. The lowest BCUT2D eigenvalue weighted by atomic mass is 10.2. The third kappa shape index (κ3) is 7.84. The van der Waals surface area contributed by atoms with Crippen molar-refractivity contribution in [2.45, 2.75) is 13.0 Å². The lowest BCUT2D eigenvalue weighted by Crippen LogP contribution is -2.40. The van der Waals surface area contributed by atoms with Crippen LogP contribution in [0.15, 0.2) is 46.0 Å². The molecular formula is C18H25ClIN3O3. The number of methoxy groups -OCH3 is 2. The van der Waals surface area contributed by atoms with Crippen LogP contribution in [0.25, 0.3) is 0 Å². The number of furan rings is 1. The number of hydrogen-bond acceptors (Lipinski definition) is 4. The Hall–Kier alpha value is -1.45. The van der Waals surface area contributed by atoms with Crippen LogP contribution in [0, 0.1) is 0 Å². The fourth-order valence-electron chi connectivity index (χ4n) is 2.18. The normalized spacial score (nSPS) is 11.0. The maximum absolute atomic E-state index is 6.16. The standard InChI is InChI=1S/C18H24ClN3O3.HI/c1-23-11-9-21-18(20-8-7-15-4-3-10-25-15)22-13-14-5-6-17(24-2)16(19)12-14;/h3-6,10,12H,7-9,11,13H2,1-2H3,(H2,20,21,22);1H. The maximum Gasteiger partial charge on any atom is 0.191 e. The third-order valence-corrected chi connectivity index (χ3v) is 3.77. The molecule has 0 radical (unpaired) electrons. The predicted molar refractivity (Wildman–Crippen MR) is 115 cm³/mol. The summed E-state index contributed by atoms with van der Waals surface area (Å²) in [6.45, 7) is 2.50. The molecule has 0 unspecified atom stereocenters. The third-order valence-electron chi connectivity index (χ3n) is 3.48. The Bertz CT molecular complexity index is 666. The summed E-state index contributed by atoms with van der Waals surface area (Å²) < 4.78 is 15.6. The molecular weight excluding hydrogens is 469 g/mol. The van der Waals surface area contributed by atoms with Gasteiger partial charge in [0.15, 0.2) is 5.96 Å². The van der Waals surface area contributed by atoms with Gasteiger partial charge < -0.3 is 24.5 Å². The fraction of sp³-hybridized carbons (Fsp3) is 0.389. The van der Waals surface area contributed by atoms with Crippen LogP contribution in [-0.2, 0) is 17.7 Å². The lowest BCUT2D eigenvalue weighted by molar-refractivity contribution is 0.203. The molecule has 0 spiro atoms. The number of nitrogens with zero attached hydrogens (tertiary/aromatic N) is 1. The summed E-state index contributed by atoms with van der Waals surface area (Å²) >= 11 is 6.16. The summed E-state index contributed by atoms with van der Waals surface area (Å²) in [6, 6.07) is 9.49. The number of aliphatic imine (C=N–C) groups is 1. The highest BCUT2D eigenvalue weighted by molar-refractivity contribution is 14.0. The summed E-state index contributed by atoms with van der Waals surface area (Å²) in [5.74, 6) is 2.31.